The van der Waals surface area contributed by atoms with Crippen LogP contribution in [0.5, 0.6) is 0 Å². The number of pyridine rings is 1. The number of ether oxygens (including phenoxy) is 1. The van der Waals surface area contributed by atoms with E-state index in [9.17, 15) is 48.6 Å². The highest BCUT2D eigenvalue weighted by atomic mass is 32.1. The zero-order valence-corrected chi connectivity index (χ0v) is 59.1. The number of benzene rings is 2. The first-order chi connectivity index (χ1) is 47.6. The summed E-state index contributed by atoms with van der Waals surface area (Å²) in [5.41, 5.74) is 12.1. The van der Waals surface area contributed by atoms with Gasteiger partial charge in [-0.25, -0.2) is 19.6 Å². The molecule has 6 aromatic rings. The van der Waals surface area contributed by atoms with Crippen LogP contribution in [0, 0.1) is 41.4 Å². The summed E-state index contributed by atoms with van der Waals surface area (Å²) >= 11 is 1.55. The normalized spacial score (nSPS) is 21.8. The molecule has 7 amide bonds. The van der Waals surface area contributed by atoms with Crippen molar-refractivity contribution in [2.24, 2.45) is 33.3 Å². The number of nitrogens with zero attached hydrogens (tertiary/aromatic N) is 9. The maximum atomic E-state index is 14.1. The van der Waals surface area contributed by atoms with E-state index in [0.29, 0.717) is 72.2 Å². The fourth-order valence-electron chi connectivity index (χ4n) is 17.7. The molecule has 26 nitrogen and oxygen atoms in total. The molecule has 3 unspecified atom stereocenters. The second kappa shape index (κ2) is 29.9. The molecular weight excluding hydrogens is 1290 g/mol. The van der Waals surface area contributed by atoms with Gasteiger partial charge in [-0.1, -0.05) is 63.3 Å². The fraction of sp³-hybridized carbons (Fsp3) is 0.521. The lowest BCUT2D eigenvalue weighted by Gasteiger charge is -2.70. The Kier molecular flexibility index (Phi) is 21.6. The smallest absolute Gasteiger partial charge is 0.355 e. The topological polar surface area (TPSA) is 348 Å². The van der Waals surface area contributed by atoms with Crippen LogP contribution in [-0.4, -0.2) is 162 Å². The maximum absolute atomic E-state index is 14.1. The van der Waals surface area contributed by atoms with Crippen LogP contribution >= 0.6 is 11.3 Å². The molecule has 4 bridgehead atoms. The van der Waals surface area contributed by atoms with Crippen LogP contribution < -0.4 is 37.2 Å². The van der Waals surface area contributed by atoms with E-state index in [2.05, 4.69) is 57.3 Å². The molecule has 4 saturated carbocycles. The molecule has 2 aromatic carbocycles. The Labute approximate surface area is 586 Å². The second-order valence-corrected chi connectivity index (χ2v) is 31.0. The Morgan fingerprint density at radius 3 is 2.22 bits per heavy atom. The quantitative estimate of drug-likeness (QED) is 0.0108. The molecule has 12 rings (SSSR count). The number of aromatic nitrogens is 6. The lowest BCUT2D eigenvalue weighted by Crippen LogP contribution is -2.60. The van der Waals surface area contributed by atoms with E-state index in [1.165, 1.54) is 12.2 Å². The second-order valence-electron chi connectivity index (χ2n) is 30.0. The number of hydrogen-bond donors (Lipinski definition) is 8. The van der Waals surface area contributed by atoms with Crippen molar-refractivity contribution in [2.75, 3.05) is 68.5 Å². The number of aliphatic carboxylic acids is 1. The Morgan fingerprint density at radius 2 is 1.52 bits per heavy atom. The van der Waals surface area contributed by atoms with Crippen LogP contribution in [0.25, 0.3) is 21.3 Å². The average molecular weight is 1390 g/mol. The molecular formula is C73H94N15O11S+. The van der Waals surface area contributed by atoms with Crippen molar-refractivity contribution in [2.45, 2.75) is 163 Å². The number of rotatable bonds is 33. The zero-order chi connectivity index (χ0) is 71.3. The minimum absolute atomic E-state index is 0.0262. The van der Waals surface area contributed by atoms with Gasteiger partial charge in [0.25, 0.3) is 11.8 Å². The molecule has 0 saturated heterocycles. The number of carboxylic acids is 2. The van der Waals surface area contributed by atoms with Gasteiger partial charge in [-0.05, 0) is 155 Å². The lowest BCUT2D eigenvalue weighted by atomic mass is 9.35. The number of nitrogens with one attached hydrogen (secondary N) is 5. The number of carbonyl (C=O) groups is 8. The monoisotopic (exact) mass is 1390 g/mol. The number of thiazole rings is 1. The summed E-state index contributed by atoms with van der Waals surface area (Å²) in [4.78, 5) is 114. The van der Waals surface area contributed by atoms with E-state index in [0.717, 1.165) is 119 Å². The number of carboxylic acid groups (broad SMARTS) is 2. The first-order valence-corrected chi connectivity index (χ1v) is 35.7. The molecule has 4 aliphatic carbocycles. The highest BCUT2D eigenvalue weighted by Gasteiger charge is 2.65. The van der Waals surface area contributed by atoms with Gasteiger partial charge in [0, 0.05) is 83.8 Å². The number of quaternary nitrogens is 1. The van der Waals surface area contributed by atoms with Gasteiger partial charge in [0.05, 0.1) is 62.7 Å². The molecule has 532 valence electrons. The summed E-state index contributed by atoms with van der Waals surface area (Å²) in [6, 6.07) is 16.4. The van der Waals surface area contributed by atoms with Crippen LogP contribution in [0.15, 0.2) is 79.0 Å². The fourth-order valence-corrected chi connectivity index (χ4v) is 18.6. The zero-order valence-electron chi connectivity index (χ0n) is 58.3. The third-order valence-electron chi connectivity index (χ3n) is 20.9. The van der Waals surface area contributed by atoms with E-state index >= 15 is 0 Å². The van der Waals surface area contributed by atoms with Gasteiger partial charge in [0.15, 0.2) is 22.5 Å². The van der Waals surface area contributed by atoms with Gasteiger partial charge in [-0.3, -0.25) is 38.3 Å². The van der Waals surface area contributed by atoms with Gasteiger partial charge >= 0.3 is 18.0 Å². The van der Waals surface area contributed by atoms with Crippen molar-refractivity contribution in [3.8, 4) is 11.1 Å². The number of aromatic carboxylic acids is 1. The van der Waals surface area contributed by atoms with Gasteiger partial charge < -0.3 is 56.7 Å². The summed E-state index contributed by atoms with van der Waals surface area (Å²) < 4.78 is 9.29. The molecule has 9 N–H and O–H groups in total. The number of nitrogens with two attached hydrogens (primary N) is 1. The van der Waals surface area contributed by atoms with E-state index < -0.39 is 59.6 Å². The lowest BCUT2D eigenvalue weighted by molar-refractivity contribution is -0.923. The van der Waals surface area contributed by atoms with Gasteiger partial charge in [0.2, 0.25) is 17.7 Å². The predicted octanol–water partition coefficient (Wildman–Crippen LogP) is 9.49. The minimum Gasteiger partial charge on any atom is -0.481 e. The Bertz CT molecular complexity index is 4060. The number of urea groups is 1. The molecule has 6 heterocycles. The first kappa shape index (κ1) is 72.1. The summed E-state index contributed by atoms with van der Waals surface area (Å²) in [6.45, 7) is 16.1. The average Bonchev–Trinajstić information content (AvgIpc) is 0.705. The number of primary amides is 1. The Morgan fingerprint density at radius 1 is 0.800 bits per heavy atom. The number of carbonyl (C=O) groups excluding carboxylic acids is 6. The molecule has 4 aromatic heterocycles. The summed E-state index contributed by atoms with van der Waals surface area (Å²) in [5.74, 6) is -3.01. The third-order valence-corrected chi connectivity index (χ3v) is 21.9. The van der Waals surface area contributed by atoms with E-state index in [-0.39, 0.29) is 78.8 Å². The molecule has 27 heteroatoms. The largest absolute Gasteiger partial charge is 0.481 e. The number of hydrogen-bond acceptors (Lipinski definition) is 17. The van der Waals surface area contributed by atoms with Gasteiger partial charge in [-0.2, -0.15) is 5.10 Å². The van der Waals surface area contributed by atoms with Crippen LogP contribution in [0.2, 0.25) is 0 Å². The predicted molar refractivity (Wildman–Crippen MR) is 379 cm³/mol. The molecule has 0 spiro atoms. The molecule has 7 atom stereocenters. The van der Waals surface area contributed by atoms with Crippen LogP contribution in [0.3, 0.4) is 0 Å². The molecule has 6 aliphatic rings. The van der Waals surface area contributed by atoms with Crippen LogP contribution in [-0.2, 0) is 53.0 Å². The summed E-state index contributed by atoms with van der Waals surface area (Å²) in [7, 11) is 2.20. The number of fused-ring (bicyclic) bond motifs is 2. The molecule has 2 aliphatic heterocycles. The Balaban J connectivity index is 0.728. The van der Waals surface area contributed by atoms with Crippen LogP contribution in [0.1, 0.15) is 150 Å². The highest BCUT2D eigenvalue weighted by Crippen LogP contribution is 2.75. The third kappa shape index (κ3) is 16.8. The first-order valence-electron chi connectivity index (χ1n) is 34.8. The number of para-hydroxylation sites is 1. The van der Waals surface area contributed by atoms with Gasteiger partial charge in [-0.15, -0.1) is 10.2 Å². The van der Waals surface area contributed by atoms with Gasteiger partial charge in [0.1, 0.15) is 24.4 Å². The summed E-state index contributed by atoms with van der Waals surface area (Å²) in [5, 5.41) is 50.1. The van der Waals surface area contributed by atoms with Crippen molar-refractivity contribution >= 4 is 97.3 Å². The highest BCUT2D eigenvalue weighted by molar-refractivity contribution is 7.22. The molecule has 100 heavy (non-hydrogen) atoms. The van der Waals surface area contributed by atoms with Crippen molar-refractivity contribution < 1.29 is 57.8 Å². The van der Waals surface area contributed by atoms with Crippen LogP contribution in [0.4, 0.5) is 33.1 Å². The number of imide groups is 1. The van der Waals surface area contributed by atoms with Crippen molar-refractivity contribution in [1.29, 1.82) is 0 Å². The van der Waals surface area contributed by atoms with Crippen molar-refractivity contribution in [1.82, 2.24) is 50.8 Å². The summed E-state index contributed by atoms with van der Waals surface area (Å²) in [6.07, 6.45) is 15.3. The van der Waals surface area contributed by atoms with Crippen molar-refractivity contribution in [3.05, 3.63) is 107 Å². The molecule has 4 fully saturated rings. The number of amides is 7. The standard InChI is InChI=1S/C73H93N15O11S/c1-45(2)61(81-57(89)27-34-99-35-31-86-58(90)25-26-59(86)91)66(95)78-54(16-10-29-75-68(74)98)65(94)77-49-21-19-48(20-22-49)37-88(7,32-12-18-60(92)93)33-13-28-72-39-70(5)38-71(6,40-72)42-73(41-70,43-72)44-87-47(4)52(36-76-87)51-23-24-56(80-62(51)67(96)97)85-30-11-14-50-46(3)63(83-84-64(50)85)82-69-79-53-15-8-9-17-55(53)100-69/h8-9,15,17,19-26,36,45,54,61H,10-14,16,18,27-35,37-44H2,1-7H3,(H8-,74,75,77,78,79,81,82,83,89,92,93,94,95,96,97,98)/p+1/t54-,61-,70-,71+,72?,73?,88?/m0/s1. The maximum Gasteiger partial charge on any atom is 0.355 e. The molecule has 0 radical (unpaired) electrons. The SMILES string of the molecule is Cc1c(Nc2nc3ccccc3s2)nnc2c1CCCN2c1ccc(-c2cnn(CC34CC5(CCC[N+](C)(CCCC(=O)O)Cc6ccc(NC(=O)[C@H](CCCNC(N)=O)NC(=O)[C@@H](NC(=O)CCOCCN7C(=O)C=CC7=O)C(C)C)cc6)C[C@@](C)(C3)C[C@](C)(C5)C4)c2C)c(C(=O)O)n1. The van der Waals surface area contributed by atoms with E-state index in [4.69, 9.17) is 30.6 Å². The van der Waals surface area contributed by atoms with E-state index in [1.807, 2.05) is 79.4 Å². The Hall–Kier alpha value is -9.21. The number of anilines is 5. The van der Waals surface area contributed by atoms with E-state index in [1.54, 1.807) is 31.4 Å². The minimum atomic E-state index is -1.13. The van der Waals surface area contributed by atoms with Crippen molar-refractivity contribution in [3.63, 3.8) is 0 Å².